The molecule has 1 aromatic rings. The normalized spacial score (nSPS) is 20.4. The molecule has 150 valence electrons. The van der Waals surface area contributed by atoms with Gasteiger partial charge in [0.15, 0.2) is 0 Å². The standard InChI is InChI=1S/C20H28F3N3O/c1-15(16-8-11-25(12-9-16)14-20(21,22)23)24-13-19(27)26-10-4-6-17-5-2-3-7-18(17)26/h2-3,5,7,15-16,24H,4,6,8-14H2,1H3/t15-/m1/s1. The van der Waals surface area contributed by atoms with Crippen molar-refractivity contribution in [2.45, 2.75) is 44.8 Å². The maximum absolute atomic E-state index is 12.7. The Morgan fingerprint density at radius 1 is 1.22 bits per heavy atom. The van der Waals surface area contributed by atoms with E-state index in [-0.39, 0.29) is 18.5 Å². The smallest absolute Gasteiger partial charge is 0.311 e. The monoisotopic (exact) mass is 383 g/mol. The quantitative estimate of drug-likeness (QED) is 0.848. The fraction of sp³-hybridized carbons (Fsp3) is 0.650. The van der Waals surface area contributed by atoms with Crippen LogP contribution in [0.25, 0.3) is 0 Å². The van der Waals surface area contributed by atoms with Crippen molar-refractivity contribution in [2.75, 3.05) is 37.6 Å². The van der Waals surface area contributed by atoms with Crippen LogP contribution >= 0.6 is 0 Å². The van der Waals surface area contributed by atoms with Crippen LogP contribution in [0.4, 0.5) is 18.9 Å². The first kappa shape index (κ1) is 20.1. The van der Waals surface area contributed by atoms with Crippen LogP contribution in [0.2, 0.25) is 0 Å². The predicted octanol–water partition coefficient (Wildman–Crippen LogP) is 3.22. The van der Waals surface area contributed by atoms with Crippen molar-refractivity contribution >= 4 is 11.6 Å². The number of piperidine rings is 1. The van der Waals surface area contributed by atoms with Gasteiger partial charge in [0.2, 0.25) is 5.91 Å². The van der Waals surface area contributed by atoms with Crippen LogP contribution in [0.15, 0.2) is 24.3 Å². The van der Waals surface area contributed by atoms with Gasteiger partial charge in [-0.1, -0.05) is 18.2 Å². The molecule has 0 spiro atoms. The lowest BCUT2D eigenvalue weighted by Gasteiger charge is -2.36. The Balaban J connectivity index is 1.46. The maximum Gasteiger partial charge on any atom is 0.401 e. The summed E-state index contributed by atoms with van der Waals surface area (Å²) in [5, 5.41) is 3.31. The highest BCUT2D eigenvalue weighted by Gasteiger charge is 2.33. The maximum atomic E-state index is 12.7. The van der Waals surface area contributed by atoms with E-state index >= 15 is 0 Å². The third-order valence-corrected chi connectivity index (χ3v) is 5.73. The number of alkyl halides is 3. The van der Waals surface area contributed by atoms with Crippen LogP contribution in [-0.2, 0) is 11.2 Å². The van der Waals surface area contributed by atoms with E-state index in [4.69, 9.17) is 0 Å². The number of nitrogens with one attached hydrogen (secondary N) is 1. The Morgan fingerprint density at radius 3 is 2.63 bits per heavy atom. The molecule has 0 bridgehead atoms. The zero-order valence-corrected chi connectivity index (χ0v) is 15.8. The number of carbonyl (C=O) groups is 1. The fourth-order valence-electron chi connectivity index (χ4n) is 4.17. The summed E-state index contributed by atoms with van der Waals surface area (Å²) < 4.78 is 37.5. The topological polar surface area (TPSA) is 35.6 Å². The van der Waals surface area contributed by atoms with Crippen molar-refractivity contribution in [2.24, 2.45) is 5.92 Å². The number of likely N-dealkylation sites (tertiary alicyclic amines) is 1. The number of fused-ring (bicyclic) bond motifs is 1. The van der Waals surface area contributed by atoms with Gasteiger partial charge in [-0.2, -0.15) is 13.2 Å². The Labute approximate surface area is 158 Å². The number of rotatable bonds is 5. The number of nitrogens with zero attached hydrogens (tertiary/aromatic N) is 2. The van der Waals surface area contributed by atoms with Crippen LogP contribution in [0, 0.1) is 5.92 Å². The van der Waals surface area contributed by atoms with Gasteiger partial charge in [0.05, 0.1) is 13.1 Å². The molecule has 1 saturated heterocycles. The minimum atomic E-state index is -4.13. The number of hydrogen-bond donors (Lipinski definition) is 1. The summed E-state index contributed by atoms with van der Waals surface area (Å²) in [6, 6.07) is 8.13. The Hall–Kier alpha value is -1.60. The van der Waals surface area contributed by atoms with Gasteiger partial charge in [-0.3, -0.25) is 9.69 Å². The van der Waals surface area contributed by atoms with Crippen molar-refractivity contribution in [3.8, 4) is 0 Å². The van der Waals surface area contributed by atoms with Crippen LogP contribution in [0.1, 0.15) is 31.7 Å². The molecule has 2 heterocycles. The van der Waals surface area contributed by atoms with E-state index in [0.29, 0.717) is 19.0 Å². The number of benzene rings is 1. The van der Waals surface area contributed by atoms with E-state index in [2.05, 4.69) is 11.4 Å². The third-order valence-electron chi connectivity index (χ3n) is 5.73. The first-order valence-corrected chi connectivity index (χ1v) is 9.74. The minimum absolute atomic E-state index is 0.0588. The van der Waals surface area contributed by atoms with E-state index in [0.717, 1.165) is 37.9 Å². The van der Waals surface area contributed by atoms with Gasteiger partial charge < -0.3 is 10.2 Å². The third kappa shape index (κ3) is 5.45. The molecule has 1 aromatic carbocycles. The fourth-order valence-corrected chi connectivity index (χ4v) is 4.17. The molecule has 2 aliphatic heterocycles. The lowest BCUT2D eigenvalue weighted by molar-refractivity contribution is -0.148. The van der Waals surface area contributed by atoms with E-state index in [1.807, 2.05) is 30.0 Å². The number of amides is 1. The van der Waals surface area contributed by atoms with E-state index in [9.17, 15) is 18.0 Å². The highest BCUT2D eigenvalue weighted by Crippen LogP contribution is 2.27. The lowest BCUT2D eigenvalue weighted by atomic mass is 9.90. The number of anilines is 1. The lowest BCUT2D eigenvalue weighted by Crippen LogP contribution is -2.48. The molecule has 2 aliphatic rings. The first-order chi connectivity index (χ1) is 12.8. The van der Waals surface area contributed by atoms with Gasteiger partial charge in [-0.05, 0) is 63.2 Å². The highest BCUT2D eigenvalue weighted by atomic mass is 19.4. The zero-order valence-electron chi connectivity index (χ0n) is 15.8. The summed E-state index contributed by atoms with van der Waals surface area (Å²) in [5.74, 6) is 0.361. The first-order valence-electron chi connectivity index (χ1n) is 9.74. The molecule has 27 heavy (non-hydrogen) atoms. The number of halogens is 3. The molecular weight excluding hydrogens is 355 g/mol. The number of para-hydroxylation sites is 1. The Kier molecular flexibility index (Phi) is 6.42. The molecule has 4 nitrogen and oxygen atoms in total. The predicted molar refractivity (Wildman–Crippen MR) is 99.8 cm³/mol. The second-order valence-electron chi connectivity index (χ2n) is 7.68. The molecule has 1 fully saturated rings. The molecule has 1 atom stereocenters. The van der Waals surface area contributed by atoms with E-state index in [1.165, 1.54) is 10.5 Å². The number of carbonyl (C=O) groups excluding carboxylic acids is 1. The molecule has 3 rings (SSSR count). The largest absolute Gasteiger partial charge is 0.401 e. The average molecular weight is 383 g/mol. The van der Waals surface area contributed by atoms with Crippen LogP contribution in [0.5, 0.6) is 0 Å². The van der Waals surface area contributed by atoms with Crippen LogP contribution < -0.4 is 10.2 Å². The van der Waals surface area contributed by atoms with Gasteiger partial charge in [0.25, 0.3) is 0 Å². The summed E-state index contributed by atoms with van der Waals surface area (Å²) >= 11 is 0. The van der Waals surface area contributed by atoms with Gasteiger partial charge >= 0.3 is 6.18 Å². The number of aryl methyl sites for hydroxylation is 1. The summed E-state index contributed by atoms with van der Waals surface area (Å²) in [7, 11) is 0. The molecule has 0 saturated carbocycles. The summed E-state index contributed by atoms with van der Waals surface area (Å²) in [6.45, 7) is 3.13. The molecule has 0 aliphatic carbocycles. The van der Waals surface area contributed by atoms with Gasteiger partial charge in [-0.15, -0.1) is 0 Å². The average Bonchev–Trinajstić information content (AvgIpc) is 2.64. The van der Waals surface area contributed by atoms with Crippen molar-refractivity contribution in [1.29, 1.82) is 0 Å². The van der Waals surface area contributed by atoms with Gasteiger partial charge in [0.1, 0.15) is 0 Å². The Morgan fingerprint density at radius 2 is 1.93 bits per heavy atom. The highest BCUT2D eigenvalue weighted by molar-refractivity contribution is 5.95. The Bertz CT molecular complexity index is 642. The second kappa shape index (κ2) is 8.61. The molecule has 1 N–H and O–H groups in total. The van der Waals surface area contributed by atoms with Crippen molar-refractivity contribution in [3.05, 3.63) is 29.8 Å². The molecule has 0 radical (unpaired) electrons. The van der Waals surface area contributed by atoms with Gasteiger partial charge in [0, 0.05) is 18.3 Å². The molecule has 0 unspecified atom stereocenters. The summed E-state index contributed by atoms with van der Waals surface area (Å²) in [4.78, 5) is 16.0. The molecule has 7 heteroatoms. The van der Waals surface area contributed by atoms with E-state index < -0.39 is 12.7 Å². The van der Waals surface area contributed by atoms with Crippen molar-refractivity contribution in [1.82, 2.24) is 10.2 Å². The molecule has 1 amide bonds. The van der Waals surface area contributed by atoms with Crippen LogP contribution in [-0.4, -0.2) is 55.7 Å². The van der Waals surface area contributed by atoms with Crippen LogP contribution in [0.3, 0.4) is 0 Å². The zero-order chi connectivity index (χ0) is 19.4. The van der Waals surface area contributed by atoms with E-state index in [1.54, 1.807) is 0 Å². The SMILES string of the molecule is C[C@@H](NCC(=O)N1CCCc2ccccc21)C1CCN(CC(F)(F)F)CC1. The minimum Gasteiger partial charge on any atom is -0.311 e. The molecular formula is C20H28F3N3O. The summed E-state index contributed by atoms with van der Waals surface area (Å²) in [5.41, 5.74) is 2.21. The molecule has 0 aromatic heterocycles. The number of hydrogen-bond acceptors (Lipinski definition) is 3. The van der Waals surface area contributed by atoms with Gasteiger partial charge in [-0.25, -0.2) is 0 Å². The second-order valence-corrected chi connectivity index (χ2v) is 7.68. The van der Waals surface area contributed by atoms with Crippen molar-refractivity contribution < 1.29 is 18.0 Å². The summed E-state index contributed by atoms with van der Waals surface area (Å²) in [6.07, 6.45) is -0.708. The van der Waals surface area contributed by atoms with Crippen molar-refractivity contribution in [3.63, 3.8) is 0 Å².